The summed E-state index contributed by atoms with van der Waals surface area (Å²) in [5.41, 5.74) is 0. The van der Waals surface area contributed by atoms with Crippen molar-refractivity contribution in [3.8, 4) is 0 Å². The SMILES string of the molecule is FC1CC2CCCCC2C(F)(F)C1(F)F. The molecule has 2 rings (SSSR count). The van der Waals surface area contributed by atoms with Crippen LogP contribution in [0.15, 0.2) is 0 Å². The molecule has 0 aliphatic heterocycles. The predicted octanol–water partition coefficient (Wildman–Crippen LogP) is 3.81. The van der Waals surface area contributed by atoms with E-state index in [2.05, 4.69) is 0 Å². The number of halogens is 5. The molecule has 0 N–H and O–H groups in total. The molecule has 0 nitrogen and oxygen atoms in total. The second kappa shape index (κ2) is 3.32. The third-order valence-corrected chi connectivity index (χ3v) is 3.72. The molecular formula is C10H13F5. The van der Waals surface area contributed by atoms with E-state index < -0.39 is 36.3 Å². The molecule has 0 spiro atoms. The summed E-state index contributed by atoms with van der Waals surface area (Å²) in [5, 5.41) is 0. The van der Waals surface area contributed by atoms with Crippen molar-refractivity contribution < 1.29 is 22.0 Å². The minimum Gasteiger partial charge on any atom is -0.241 e. The zero-order chi connectivity index (χ0) is 11.3. The van der Waals surface area contributed by atoms with Crippen LogP contribution in [0.1, 0.15) is 32.1 Å². The lowest BCUT2D eigenvalue weighted by molar-refractivity contribution is -0.297. The molecule has 0 radical (unpaired) electrons. The second-order valence-electron chi connectivity index (χ2n) is 4.60. The molecule has 2 aliphatic carbocycles. The van der Waals surface area contributed by atoms with E-state index >= 15 is 0 Å². The lowest BCUT2D eigenvalue weighted by Gasteiger charge is -2.46. The van der Waals surface area contributed by atoms with Gasteiger partial charge in [-0.15, -0.1) is 0 Å². The summed E-state index contributed by atoms with van der Waals surface area (Å²) in [6.45, 7) is 0. The fourth-order valence-electron chi connectivity index (χ4n) is 2.84. The van der Waals surface area contributed by atoms with Crippen molar-refractivity contribution in [1.29, 1.82) is 0 Å². The van der Waals surface area contributed by atoms with Crippen LogP contribution in [-0.4, -0.2) is 18.0 Å². The Morgan fingerprint density at radius 2 is 1.47 bits per heavy atom. The van der Waals surface area contributed by atoms with E-state index in [-0.39, 0.29) is 6.42 Å². The van der Waals surface area contributed by atoms with E-state index in [4.69, 9.17) is 0 Å². The Morgan fingerprint density at radius 3 is 2.13 bits per heavy atom. The number of hydrogen-bond acceptors (Lipinski definition) is 0. The van der Waals surface area contributed by atoms with Gasteiger partial charge in [0, 0.05) is 5.92 Å². The first-order chi connectivity index (χ1) is 6.87. The lowest BCUT2D eigenvalue weighted by atomic mass is 9.67. The van der Waals surface area contributed by atoms with Gasteiger partial charge in [-0.25, -0.2) is 4.39 Å². The minimum absolute atomic E-state index is 0.0972. The van der Waals surface area contributed by atoms with Crippen molar-refractivity contribution in [2.24, 2.45) is 11.8 Å². The fourth-order valence-corrected chi connectivity index (χ4v) is 2.84. The Hall–Kier alpha value is -0.350. The molecule has 0 aromatic rings. The molecule has 0 bridgehead atoms. The van der Waals surface area contributed by atoms with Crippen LogP contribution in [0, 0.1) is 11.8 Å². The van der Waals surface area contributed by atoms with Crippen LogP contribution < -0.4 is 0 Å². The van der Waals surface area contributed by atoms with E-state index in [1.807, 2.05) is 0 Å². The summed E-state index contributed by atoms with van der Waals surface area (Å²) in [4.78, 5) is 0. The molecule has 3 unspecified atom stereocenters. The smallest absolute Gasteiger partial charge is 0.241 e. The first-order valence-corrected chi connectivity index (χ1v) is 5.27. The van der Waals surface area contributed by atoms with Crippen LogP contribution in [0.2, 0.25) is 0 Å². The molecule has 2 fully saturated rings. The van der Waals surface area contributed by atoms with Gasteiger partial charge in [-0.3, -0.25) is 0 Å². The van der Waals surface area contributed by atoms with E-state index in [1.165, 1.54) is 0 Å². The highest BCUT2D eigenvalue weighted by Crippen LogP contribution is 2.56. The first-order valence-electron chi connectivity index (χ1n) is 5.27. The monoisotopic (exact) mass is 228 g/mol. The van der Waals surface area contributed by atoms with Gasteiger partial charge in [0.15, 0.2) is 6.17 Å². The highest BCUT2D eigenvalue weighted by Gasteiger charge is 2.70. The average molecular weight is 228 g/mol. The van der Waals surface area contributed by atoms with Crippen molar-refractivity contribution in [2.75, 3.05) is 0 Å². The van der Waals surface area contributed by atoms with E-state index in [0.717, 1.165) is 6.42 Å². The number of alkyl halides is 5. The summed E-state index contributed by atoms with van der Waals surface area (Å²) >= 11 is 0. The van der Waals surface area contributed by atoms with Crippen molar-refractivity contribution in [3.63, 3.8) is 0 Å². The molecule has 3 atom stereocenters. The molecule has 0 aromatic heterocycles. The lowest BCUT2D eigenvalue weighted by Crippen LogP contribution is -2.59. The summed E-state index contributed by atoms with van der Waals surface area (Å²) in [6, 6.07) is 0. The Morgan fingerprint density at radius 1 is 0.867 bits per heavy atom. The van der Waals surface area contributed by atoms with E-state index in [0.29, 0.717) is 12.8 Å². The van der Waals surface area contributed by atoms with Gasteiger partial charge in [0.2, 0.25) is 0 Å². The normalized spacial score (nSPS) is 43.4. The number of rotatable bonds is 0. The zero-order valence-electron chi connectivity index (χ0n) is 8.16. The standard InChI is InChI=1S/C10H13F5/c11-8-5-6-3-1-2-4-7(6)9(12,13)10(8,14)15/h6-8H,1-5H2. The van der Waals surface area contributed by atoms with Crippen molar-refractivity contribution in [3.05, 3.63) is 0 Å². The van der Waals surface area contributed by atoms with Gasteiger partial charge in [0.05, 0.1) is 0 Å². The maximum atomic E-state index is 13.4. The summed E-state index contributed by atoms with van der Waals surface area (Å²) < 4.78 is 65.8. The van der Waals surface area contributed by atoms with E-state index in [1.54, 1.807) is 0 Å². The minimum atomic E-state index is -4.48. The van der Waals surface area contributed by atoms with Crippen LogP contribution >= 0.6 is 0 Å². The number of fused-ring (bicyclic) bond motifs is 1. The molecule has 88 valence electrons. The van der Waals surface area contributed by atoms with Crippen LogP contribution in [0.5, 0.6) is 0 Å². The van der Waals surface area contributed by atoms with Gasteiger partial charge in [0.25, 0.3) is 0 Å². The Labute approximate surface area is 84.8 Å². The van der Waals surface area contributed by atoms with Gasteiger partial charge < -0.3 is 0 Å². The van der Waals surface area contributed by atoms with Crippen molar-refractivity contribution >= 4 is 0 Å². The molecule has 0 aromatic carbocycles. The largest absolute Gasteiger partial charge is 0.340 e. The molecule has 2 aliphatic rings. The highest BCUT2D eigenvalue weighted by molar-refractivity contribution is 5.04. The summed E-state index contributed by atoms with van der Waals surface area (Å²) in [5.74, 6) is -10.5. The number of hydrogen-bond donors (Lipinski definition) is 0. The van der Waals surface area contributed by atoms with E-state index in [9.17, 15) is 22.0 Å². The van der Waals surface area contributed by atoms with Crippen LogP contribution in [-0.2, 0) is 0 Å². The van der Waals surface area contributed by atoms with Crippen LogP contribution in [0.4, 0.5) is 22.0 Å². The molecule has 5 heteroatoms. The summed E-state index contributed by atoms with van der Waals surface area (Å²) in [7, 11) is 0. The topological polar surface area (TPSA) is 0 Å². The fraction of sp³-hybridized carbons (Fsp3) is 1.00. The molecule has 0 amide bonds. The maximum Gasteiger partial charge on any atom is 0.340 e. The van der Waals surface area contributed by atoms with Crippen LogP contribution in [0.3, 0.4) is 0 Å². The van der Waals surface area contributed by atoms with Gasteiger partial charge in [-0.1, -0.05) is 12.8 Å². The van der Waals surface area contributed by atoms with Gasteiger partial charge in [-0.05, 0) is 25.2 Å². The molecule has 0 heterocycles. The zero-order valence-corrected chi connectivity index (χ0v) is 8.16. The van der Waals surface area contributed by atoms with Gasteiger partial charge in [-0.2, -0.15) is 17.6 Å². The molecule has 15 heavy (non-hydrogen) atoms. The third kappa shape index (κ3) is 1.46. The molecule has 0 saturated heterocycles. The first kappa shape index (κ1) is 11.1. The van der Waals surface area contributed by atoms with Crippen LogP contribution in [0.25, 0.3) is 0 Å². The highest BCUT2D eigenvalue weighted by atomic mass is 19.3. The average Bonchev–Trinajstić information content (AvgIpc) is 2.16. The second-order valence-corrected chi connectivity index (χ2v) is 4.60. The molecular weight excluding hydrogens is 215 g/mol. The Balaban J connectivity index is 2.29. The summed E-state index contributed by atoms with van der Waals surface area (Å²) in [6.07, 6.45) is -1.25. The quantitative estimate of drug-likeness (QED) is 0.553. The van der Waals surface area contributed by atoms with Crippen molar-refractivity contribution in [1.82, 2.24) is 0 Å². The van der Waals surface area contributed by atoms with Crippen molar-refractivity contribution in [2.45, 2.75) is 50.1 Å². The third-order valence-electron chi connectivity index (χ3n) is 3.72. The Bertz CT molecular complexity index is 250. The predicted molar refractivity (Wildman–Crippen MR) is 44.9 cm³/mol. The maximum absolute atomic E-state index is 13.4. The molecule has 2 saturated carbocycles. The Kier molecular flexibility index (Phi) is 2.47. The van der Waals surface area contributed by atoms with Gasteiger partial charge in [0.1, 0.15) is 0 Å². The van der Waals surface area contributed by atoms with Gasteiger partial charge >= 0.3 is 11.8 Å².